The number of aromatic nitrogens is 1. The molecular formula is C28H27NO6. The first kappa shape index (κ1) is 25.2. The molecule has 7 nitrogen and oxygen atoms in total. The van der Waals surface area contributed by atoms with Crippen molar-refractivity contribution in [2.45, 2.75) is 26.3 Å². The molecule has 0 saturated carbocycles. The van der Waals surface area contributed by atoms with E-state index in [1.165, 1.54) is 37.8 Å². The van der Waals surface area contributed by atoms with Gasteiger partial charge in [-0.05, 0) is 48.2 Å². The first-order valence-corrected chi connectivity index (χ1v) is 11.1. The molecule has 0 spiro atoms. The summed E-state index contributed by atoms with van der Waals surface area (Å²) in [6, 6.07) is 22.8. The van der Waals surface area contributed by atoms with Gasteiger partial charge < -0.3 is 19.5 Å². The van der Waals surface area contributed by atoms with Crippen molar-refractivity contribution >= 4 is 28.8 Å². The zero-order chi connectivity index (χ0) is 25.4. The Hall–Kier alpha value is -4.39. The second kappa shape index (κ2) is 11.7. The number of carbonyl (C=O) groups excluding carboxylic acids is 1. The number of nitrogens with zero attached hydrogens (tertiary/aromatic N) is 1. The predicted octanol–water partition coefficient (Wildman–Crippen LogP) is 4.99. The second-order valence-corrected chi connectivity index (χ2v) is 7.94. The Kier molecular flexibility index (Phi) is 8.40. The third-order valence-corrected chi connectivity index (χ3v) is 5.71. The molecule has 4 aromatic rings. The summed E-state index contributed by atoms with van der Waals surface area (Å²) >= 11 is 0. The average Bonchev–Trinajstić information content (AvgIpc) is 3.20. The van der Waals surface area contributed by atoms with Crippen molar-refractivity contribution in [2.24, 2.45) is 0 Å². The standard InChI is InChI=1S/C19H19NO2.C9H8O4/c1-22-19(21)13-16-14-20(18-10-6-5-9-17(16)18)12-11-15-7-3-2-4-8-15;1-5-6(8(10)11)3-2-4-7(5)9(12)13/h2-10,14H,11-13H2,1H3;2-4H,1H3,(H,10,11)(H,12,13). The number of aryl methyl sites for hydroxylation is 2. The van der Waals surface area contributed by atoms with E-state index in [2.05, 4.69) is 47.2 Å². The van der Waals surface area contributed by atoms with Crippen LogP contribution in [0.2, 0.25) is 0 Å². The number of carboxylic acids is 2. The van der Waals surface area contributed by atoms with Gasteiger partial charge in [0.25, 0.3) is 0 Å². The SMILES string of the molecule is COC(=O)Cc1cn(CCc2ccccc2)c2ccccc12.Cc1c(C(=O)O)cccc1C(=O)O. The van der Waals surface area contributed by atoms with Crippen LogP contribution in [0, 0.1) is 6.92 Å². The van der Waals surface area contributed by atoms with E-state index in [0.717, 1.165) is 29.4 Å². The normalized spacial score (nSPS) is 10.3. The Bertz CT molecular complexity index is 1310. The van der Waals surface area contributed by atoms with E-state index in [-0.39, 0.29) is 22.7 Å². The summed E-state index contributed by atoms with van der Waals surface area (Å²) in [6.07, 6.45) is 3.36. The lowest BCUT2D eigenvalue weighted by atomic mass is 10.0. The Morgan fingerprint density at radius 1 is 0.829 bits per heavy atom. The molecule has 0 bridgehead atoms. The molecule has 180 valence electrons. The van der Waals surface area contributed by atoms with Crippen LogP contribution < -0.4 is 0 Å². The van der Waals surface area contributed by atoms with Gasteiger partial charge in [0.2, 0.25) is 0 Å². The molecule has 35 heavy (non-hydrogen) atoms. The molecule has 0 saturated heterocycles. The molecule has 0 aliphatic heterocycles. The number of aromatic carboxylic acids is 2. The van der Waals surface area contributed by atoms with E-state index >= 15 is 0 Å². The van der Waals surface area contributed by atoms with Gasteiger partial charge in [-0.25, -0.2) is 9.59 Å². The van der Waals surface area contributed by atoms with E-state index in [0.29, 0.717) is 6.42 Å². The molecule has 0 fully saturated rings. The molecule has 0 unspecified atom stereocenters. The highest BCUT2D eigenvalue weighted by molar-refractivity contribution is 5.96. The third-order valence-electron chi connectivity index (χ3n) is 5.71. The summed E-state index contributed by atoms with van der Waals surface area (Å²) in [5.74, 6) is -2.42. The van der Waals surface area contributed by atoms with Gasteiger partial charge in [-0.15, -0.1) is 0 Å². The summed E-state index contributed by atoms with van der Waals surface area (Å²) in [5.41, 5.74) is 3.84. The van der Waals surface area contributed by atoms with Crippen LogP contribution in [0.25, 0.3) is 10.9 Å². The van der Waals surface area contributed by atoms with Crippen LogP contribution in [0.5, 0.6) is 0 Å². The lowest BCUT2D eigenvalue weighted by Gasteiger charge is -2.05. The van der Waals surface area contributed by atoms with Crippen LogP contribution in [-0.2, 0) is 28.9 Å². The minimum absolute atomic E-state index is 0.0277. The van der Waals surface area contributed by atoms with Crippen molar-refractivity contribution < 1.29 is 29.3 Å². The first-order chi connectivity index (χ1) is 16.8. The van der Waals surface area contributed by atoms with Gasteiger partial charge in [-0.1, -0.05) is 54.6 Å². The molecule has 0 aliphatic rings. The highest BCUT2D eigenvalue weighted by Gasteiger charge is 2.14. The molecule has 0 amide bonds. The number of fused-ring (bicyclic) bond motifs is 1. The van der Waals surface area contributed by atoms with Crippen LogP contribution in [0.3, 0.4) is 0 Å². The predicted molar refractivity (Wildman–Crippen MR) is 133 cm³/mol. The molecule has 0 aliphatic carbocycles. The topological polar surface area (TPSA) is 106 Å². The van der Waals surface area contributed by atoms with Gasteiger partial charge in [0, 0.05) is 23.6 Å². The first-order valence-electron chi connectivity index (χ1n) is 11.1. The van der Waals surface area contributed by atoms with Crippen LogP contribution in [0.4, 0.5) is 0 Å². The number of carboxylic acid groups (broad SMARTS) is 2. The van der Waals surface area contributed by atoms with Gasteiger partial charge in [0.15, 0.2) is 0 Å². The Morgan fingerprint density at radius 3 is 2.03 bits per heavy atom. The maximum atomic E-state index is 11.6. The van der Waals surface area contributed by atoms with Crippen LogP contribution in [0.1, 0.15) is 37.4 Å². The fourth-order valence-corrected chi connectivity index (χ4v) is 3.87. The summed E-state index contributed by atoms with van der Waals surface area (Å²) in [5, 5.41) is 18.5. The minimum Gasteiger partial charge on any atom is -0.478 e. The van der Waals surface area contributed by atoms with Gasteiger partial charge in [0.1, 0.15) is 0 Å². The summed E-state index contributed by atoms with van der Waals surface area (Å²) < 4.78 is 7.02. The Balaban J connectivity index is 0.000000225. The van der Waals surface area contributed by atoms with E-state index in [1.54, 1.807) is 0 Å². The number of rotatable bonds is 7. The van der Waals surface area contributed by atoms with Gasteiger partial charge in [-0.2, -0.15) is 0 Å². The fourth-order valence-electron chi connectivity index (χ4n) is 3.87. The van der Waals surface area contributed by atoms with Crippen molar-refractivity contribution in [2.75, 3.05) is 7.11 Å². The lowest BCUT2D eigenvalue weighted by molar-refractivity contribution is -0.139. The number of hydrogen-bond acceptors (Lipinski definition) is 4. The smallest absolute Gasteiger partial charge is 0.335 e. The molecular weight excluding hydrogens is 446 g/mol. The second-order valence-electron chi connectivity index (χ2n) is 7.94. The highest BCUT2D eigenvalue weighted by atomic mass is 16.5. The Labute approximate surface area is 203 Å². The van der Waals surface area contributed by atoms with E-state index < -0.39 is 11.9 Å². The molecule has 1 aromatic heterocycles. The van der Waals surface area contributed by atoms with Crippen molar-refractivity contribution in [3.63, 3.8) is 0 Å². The van der Waals surface area contributed by atoms with Crippen LogP contribution in [0.15, 0.2) is 79.0 Å². The molecule has 7 heteroatoms. The molecule has 0 atom stereocenters. The van der Waals surface area contributed by atoms with Crippen molar-refractivity contribution in [3.8, 4) is 0 Å². The molecule has 0 radical (unpaired) electrons. The quantitative estimate of drug-likeness (QED) is 0.366. The van der Waals surface area contributed by atoms with Gasteiger partial charge in [0.05, 0.1) is 24.7 Å². The number of benzene rings is 3. The van der Waals surface area contributed by atoms with E-state index in [4.69, 9.17) is 14.9 Å². The molecule has 4 rings (SSSR count). The fraction of sp³-hybridized carbons (Fsp3) is 0.179. The maximum Gasteiger partial charge on any atom is 0.335 e. The number of methoxy groups -OCH3 is 1. The monoisotopic (exact) mass is 473 g/mol. The van der Waals surface area contributed by atoms with Gasteiger partial charge >= 0.3 is 17.9 Å². The summed E-state index contributed by atoms with van der Waals surface area (Å²) in [6.45, 7) is 2.37. The summed E-state index contributed by atoms with van der Waals surface area (Å²) in [4.78, 5) is 32.8. The Morgan fingerprint density at radius 2 is 1.43 bits per heavy atom. The number of carbonyl (C=O) groups is 3. The lowest BCUT2D eigenvalue weighted by Crippen LogP contribution is -2.06. The zero-order valence-corrected chi connectivity index (χ0v) is 19.6. The number of para-hydroxylation sites is 1. The molecule has 2 N–H and O–H groups in total. The largest absolute Gasteiger partial charge is 0.478 e. The highest BCUT2D eigenvalue weighted by Crippen LogP contribution is 2.22. The minimum atomic E-state index is -1.11. The van der Waals surface area contributed by atoms with Crippen molar-refractivity contribution in [3.05, 3.63) is 107 Å². The zero-order valence-electron chi connectivity index (χ0n) is 19.6. The maximum absolute atomic E-state index is 11.6. The van der Waals surface area contributed by atoms with Crippen LogP contribution in [-0.4, -0.2) is 39.8 Å². The number of esters is 1. The van der Waals surface area contributed by atoms with E-state index in [1.807, 2.05) is 18.2 Å². The number of hydrogen-bond donors (Lipinski definition) is 2. The average molecular weight is 474 g/mol. The van der Waals surface area contributed by atoms with E-state index in [9.17, 15) is 14.4 Å². The number of ether oxygens (including phenoxy) is 1. The van der Waals surface area contributed by atoms with Crippen LogP contribution >= 0.6 is 0 Å². The van der Waals surface area contributed by atoms with Crippen molar-refractivity contribution in [1.29, 1.82) is 0 Å². The molecule has 3 aromatic carbocycles. The van der Waals surface area contributed by atoms with Gasteiger partial charge in [-0.3, -0.25) is 4.79 Å². The third kappa shape index (κ3) is 6.35. The molecule has 1 heterocycles. The summed E-state index contributed by atoms with van der Waals surface area (Å²) in [7, 11) is 1.43. The van der Waals surface area contributed by atoms with Crippen molar-refractivity contribution in [1.82, 2.24) is 4.57 Å².